The van der Waals surface area contributed by atoms with E-state index >= 15 is 0 Å². The summed E-state index contributed by atoms with van der Waals surface area (Å²) in [6.45, 7) is 0.393. The van der Waals surface area contributed by atoms with E-state index < -0.39 is 0 Å². The molecule has 0 spiro atoms. The van der Waals surface area contributed by atoms with Crippen molar-refractivity contribution < 1.29 is 9.53 Å². The van der Waals surface area contributed by atoms with Gasteiger partial charge in [0.15, 0.2) is 0 Å². The minimum absolute atomic E-state index is 0.112. The van der Waals surface area contributed by atoms with E-state index in [4.69, 9.17) is 4.74 Å². The first kappa shape index (κ1) is 18.0. The van der Waals surface area contributed by atoms with E-state index in [0.29, 0.717) is 6.61 Å². The Morgan fingerprint density at radius 2 is 1.73 bits per heavy atom. The lowest BCUT2D eigenvalue weighted by molar-refractivity contribution is 0.0867. The molecule has 2 aliphatic heterocycles. The second-order valence-corrected chi connectivity index (χ2v) is 9.20. The van der Waals surface area contributed by atoms with Crippen LogP contribution in [-0.2, 0) is 4.74 Å². The third-order valence-electron chi connectivity index (χ3n) is 6.83. The molecule has 1 aliphatic carbocycles. The number of fused-ring (bicyclic) bond motifs is 5. The van der Waals surface area contributed by atoms with E-state index in [2.05, 4.69) is 71.4 Å². The van der Waals surface area contributed by atoms with Crippen molar-refractivity contribution in [2.75, 3.05) is 6.61 Å². The van der Waals surface area contributed by atoms with Crippen LogP contribution in [0.5, 0.6) is 0 Å². The minimum Gasteiger partial charge on any atom is -0.448 e. The van der Waals surface area contributed by atoms with Crippen molar-refractivity contribution in [3.05, 3.63) is 88.1 Å². The SMILES string of the molecule is O=C(OCC1c2ccccc2-c2ccccc21)N1C2C=C(c3ccsc3)CC1CC2. The Bertz CT molecular complexity index is 1090. The Kier molecular flexibility index (Phi) is 4.27. The smallest absolute Gasteiger partial charge is 0.410 e. The zero-order chi connectivity index (χ0) is 20.1. The van der Waals surface area contributed by atoms with Crippen LogP contribution in [0.4, 0.5) is 4.79 Å². The normalized spacial score (nSPS) is 21.9. The molecule has 1 saturated heterocycles. The van der Waals surface area contributed by atoms with Crippen LogP contribution in [0.3, 0.4) is 0 Å². The van der Waals surface area contributed by atoms with Gasteiger partial charge in [-0.1, -0.05) is 54.6 Å². The molecule has 4 heteroatoms. The molecule has 150 valence electrons. The molecule has 3 aromatic rings. The molecule has 1 amide bonds. The van der Waals surface area contributed by atoms with Crippen LogP contribution >= 0.6 is 11.3 Å². The summed E-state index contributed by atoms with van der Waals surface area (Å²) in [5.74, 6) is 0.112. The summed E-state index contributed by atoms with van der Waals surface area (Å²) in [5.41, 5.74) is 7.72. The molecule has 6 rings (SSSR count). The van der Waals surface area contributed by atoms with Crippen molar-refractivity contribution in [1.29, 1.82) is 0 Å². The zero-order valence-electron chi connectivity index (χ0n) is 16.7. The number of rotatable bonds is 3. The Balaban J connectivity index is 1.21. The molecule has 2 bridgehead atoms. The van der Waals surface area contributed by atoms with Gasteiger partial charge in [0.1, 0.15) is 6.61 Å². The number of carbonyl (C=O) groups is 1. The second kappa shape index (κ2) is 7.13. The fourth-order valence-electron chi connectivity index (χ4n) is 5.44. The van der Waals surface area contributed by atoms with Gasteiger partial charge in [-0.05, 0) is 69.5 Å². The second-order valence-electron chi connectivity index (χ2n) is 8.42. The summed E-state index contributed by atoms with van der Waals surface area (Å²) in [6, 6.07) is 19.5. The van der Waals surface area contributed by atoms with Crippen molar-refractivity contribution in [2.45, 2.75) is 37.3 Å². The highest BCUT2D eigenvalue weighted by molar-refractivity contribution is 7.08. The number of hydrogen-bond donors (Lipinski definition) is 0. The molecule has 2 atom stereocenters. The summed E-state index contributed by atoms with van der Waals surface area (Å²) in [5, 5.41) is 4.32. The third kappa shape index (κ3) is 2.82. The first-order valence-electron chi connectivity index (χ1n) is 10.7. The summed E-state index contributed by atoms with van der Waals surface area (Å²) in [4.78, 5) is 15.1. The molecule has 0 radical (unpaired) electrons. The predicted molar refractivity (Wildman–Crippen MR) is 121 cm³/mol. The van der Waals surface area contributed by atoms with Gasteiger partial charge in [-0.25, -0.2) is 4.79 Å². The average molecular weight is 414 g/mol. The number of ether oxygens (including phenoxy) is 1. The third-order valence-corrected chi connectivity index (χ3v) is 7.52. The number of hydrogen-bond acceptors (Lipinski definition) is 3. The molecule has 0 N–H and O–H groups in total. The maximum Gasteiger partial charge on any atom is 0.410 e. The fraction of sp³-hybridized carbons (Fsp3) is 0.269. The van der Waals surface area contributed by atoms with Crippen LogP contribution in [0.2, 0.25) is 0 Å². The molecular formula is C26H23NO2S. The molecule has 30 heavy (non-hydrogen) atoms. The van der Waals surface area contributed by atoms with Gasteiger partial charge in [-0.3, -0.25) is 4.90 Å². The zero-order valence-corrected chi connectivity index (χ0v) is 17.5. The first-order chi connectivity index (χ1) is 14.8. The Morgan fingerprint density at radius 1 is 1.00 bits per heavy atom. The highest BCUT2D eigenvalue weighted by atomic mass is 32.1. The highest BCUT2D eigenvalue weighted by Gasteiger charge is 2.41. The van der Waals surface area contributed by atoms with E-state index in [1.165, 1.54) is 33.4 Å². The maximum atomic E-state index is 13.1. The lowest BCUT2D eigenvalue weighted by Gasteiger charge is -2.33. The predicted octanol–water partition coefficient (Wildman–Crippen LogP) is 6.32. The van der Waals surface area contributed by atoms with Gasteiger partial charge in [-0.2, -0.15) is 11.3 Å². The average Bonchev–Trinajstić information content (AvgIpc) is 3.48. The Labute approximate surface area is 180 Å². The molecule has 3 heterocycles. The molecule has 3 nitrogen and oxygen atoms in total. The van der Waals surface area contributed by atoms with Gasteiger partial charge < -0.3 is 4.74 Å². The number of thiophene rings is 1. The Morgan fingerprint density at radius 3 is 2.40 bits per heavy atom. The van der Waals surface area contributed by atoms with Crippen molar-refractivity contribution in [3.8, 4) is 11.1 Å². The van der Waals surface area contributed by atoms with Crippen LogP contribution in [0, 0.1) is 0 Å². The van der Waals surface area contributed by atoms with Gasteiger partial charge in [0.2, 0.25) is 0 Å². The van der Waals surface area contributed by atoms with Crippen molar-refractivity contribution in [2.24, 2.45) is 0 Å². The van der Waals surface area contributed by atoms with Crippen LogP contribution in [0.15, 0.2) is 71.4 Å². The molecular weight excluding hydrogens is 390 g/mol. The number of benzene rings is 2. The monoisotopic (exact) mass is 413 g/mol. The summed E-state index contributed by atoms with van der Waals surface area (Å²) in [7, 11) is 0. The topological polar surface area (TPSA) is 29.5 Å². The van der Waals surface area contributed by atoms with Gasteiger partial charge in [0.05, 0.1) is 6.04 Å². The lowest BCUT2D eigenvalue weighted by Crippen LogP contribution is -2.43. The van der Waals surface area contributed by atoms with Crippen LogP contribution in [0.1, 0.15) is 41.9 Å². The first-order valence-corrected chi connectivity index (χ1v) is 11.6. The van der Waals surface area contributed by atoms with Crippen molar-refractivity contribution >= 4 is 23.0 Å². The molecule has 1 aromatic heterocycles. The standard InChI is InChI=1S/C26H23NO2S/c28-26(27-19-9-10-20(27)14-18(13-19)17-11-12-30-16-17)29-15-25-23-7-3-1-5-21(23)22-6-2-4-8-24(22)25/h1-8,11-13,16,19-20,25H,9-10,14-15H2. The number of nitrogens with zero attached hydrogens (tertiary/aromatic N) is 1. The highest BCUT2D eigenvalue weighted by Crippen LogP contribution is 2.45. The number of carbonyl (C=O) groups excluding carboxylic acids is 1. The maximum absolute atomic E-state index is 13.1. The molecule has 2 unspecified atom stereocenters. The van der Waals surface area contributed by atoms with E-state index in [9.17, 15) is 4.79 Å². The Hall–Kier alpha value is -2.85. The van der Waals surface area contributed by atoms with Gasteiger partial charge >= 0.3 is 6.09 Å². The molecule has 1 fully saturated rings. The molecule has 2 aromatic carbocycles. The minimum atomic E-state index is -0.162. The lowest BCUT2D eigenvalue weighted by atomic mass is 9.97. The number of amides is 1. The largest absolute Gasteiger partial charge is 0.448 e. The summed E-state index contributed by atoms with van der Waals surface area (Å²) >= 11 is 1.73. The van der Waals surface area contributed by atoms with Crippen molar-refractivity contribution in [3.63, 3.8) is 0 Å². The van der Waals surface area contributed by atoms with Crippen LogP contribution < -0.4 is 0 Å². The fourth-order valence-corrected chi connectivity index (χ4v) is 6.12. The van der Waals surface area contributed by atoms with E-state index in [0.717, 1.165) is 19.3 Å². The van der Waals surface area contributed by atoms with E-state index in [1.807, 2.05) is 4.90 Å². The summed E-state index contributed by atoms with van der Waals surface area (Å²) in [6.07, 6.45) is 5.14. The van der Waals surface area contributed by atoms with E-state index in [-0.39, 0.29) is 24.1 Å². The van der Waals surface area contributed by atoms with E-state index in [1.54, 1.807) is 11.3 Å². The van der Waals surface area contributed by atoms with Crippen LogP contribution in [-0.4, -0.2) is 29.7 Å². The van der Waals surface area contributed by atoms with Crippen LogP contribution in [0.25, 0.3) is 16.7 Å². The summed E-state index contributed by atoms with van der Waals surface area (Å²) < 4.78 is 5.95. The van der Waals surface area contributed by atoms with Crippen molar-refractivity contribution in [1.82, 2.24) is 4.90 Å². The van der Waals surface area contributed by atoms with Gasteiger partial charge in [0, 0.05) is 12.0 Å². The molecule has 3 aliphatic rings. The van der Waals surface area contributed by atoms with Gasteiger partial charge in [-0.15, -0.1) is 0 Å². The molecule has 0 saturated carbocycles. The van der Waals surface area contributed by atoms with Gasteiger partial charge in [0.25, 0.3) is 0 Å². The quantitative estimate of drug-likeness (QED) is 0.503.